The molecule has 0 aliphatic carbocycles. The maximum absolute atomic E-state index is 6.58. The molecule has 0 amide bonds. The third kappa shape index (κ3) is 3.22. The molecule has 0 fully saturated rings. The number of hydrogen-bond acceptors (Lipinski definition) is 0. The topological polar surface area (TPSA) is 0 Å². The number of benzene rings is 3. The summed E-state index contributed by atoms with van der Waals surface area (Å²) in [5, 5.41) is 3.12. The first-order valence-corrected chi connectivity index (χ1v) is 8.31. The Hall–Kier alpha value is -0.730. The molecule has 3 aromatic rings. The average Bonchev–Trinajstić information content (AvgIpc) is 2.49. The van der Waals surface area contributed by atoms with Gasteiger partial charge in [-0.05, 0) is 52.2 Å². The lowest BCUT2D eigenvalue weighted by Crippen LogP contribution is -1.93. The summed E-state index contributed by atoms with van der Waals surface area (Å²) < 4.78 is 1.06. The second-order valence-electron chi connectivity index (χ2n) is 4.79. The Morgan fingerprint density at radius 1 is 0.714 bits per heavy atom. The van der Waals surface area contributed by atoms with E-state index in [2.05, 4.69) is 40.2 Å². The predicted molar refractivity (Wildman–Crippen MR) is 95.8 cm³/mol. The van der Waals surface area contributed by atoms with Crippen LogP contribution < -0.4 is 0 Å². The highest BCUT2D eigenvalue weighted by Gasteiger charge is 2.13. The fourth-order valence-corrected chi connectivity index (χ4v) is 3.21. The highest BCUT2D eigenvalue weighted by atomic mass is 79.9. The van der Waals surface area contributed by atoms with E-state index in [0.717, 1.165) is 21.0 Å². The maximum atomic E-state index is 6.58. The zero-order valence-electron chi connectivity index (χ0n) is 10.8. The van der Waals surface area contributed by atoms with Gasteiger partial charge in [-0.1, -0.05) is 63.4 Å². The molecule has 0 aliphatic heterocycles. The first kappa shape index (κ1) is 15.2. The van der Waals surface area contributed by atoms with Gasteiger partial charge in [0.2, 0.25) is 0 Å². The second-order valence-corrected chi connectivity index (χ2v) is 6.95. The monoisotopic (exact) mass is 398 g/mol. The standard InChI is InChI=1S/C17H10BrCl3/c18-14-5-3-10-7-12(2-1-11(10)8-14)17(21)13-4-6-15(19)16(20)9-13/h1-9,17H. The van der Waals surface area contributed by atoms with Crippen LogP contribution >= 0.6 is 50.7 Å². The lowest BCUT2D eigenvalue weighted by atomic mass is 10.0. The Bertz CT molecular complexity index is 814. The molecule has 0 N–H and O–H groups in total. The van der Waals surface area contributed by atoms with E-state index in [0.29, 0.717) is 10.0 Å². The maximum Gasteiger partial charge on any atom is 0.0836 e. The summed E-state index contributed by atoms with van der Waals surface area (Å²) in [6.45, 7) is 0. The number of fused-ring (bicyclic) bond motifs is 1. The van der Waals surface area contributed by atoms with Crippen LogP contribution in [0.25, 0.3) is 10.8 Å². The van der Waals surface area contributed by atoms with E-state index in [4.69, 9.17) is 34.8 Å². The van der Waals surface area contributed by atoms with Crippen LogP contribution in [0.3, 0.4) is 0 Å². The smallest absolute Gasteiger partial charge is 0.0836 e. The first-order chi connectivity index (χ1) is 10.0. The van der Waals surface area contributed by atoms with Crippen molar-refractivity contribution in [3.63, 3.8) is 0 Å². The molecule has 0 saturated carbocycles. The molecule has 0 spiro atoms. The van der Waals surface area contributed by atoms with Gasteiger partial charge in [0, 0.05) is 4.47 Å². The minimum atomic E-state index is -0.257. The zero-order chi connectivity index (χ0) is 15.0. The Balaban J connectivity index is 2.02. The molecule has 0 bridgehead atoms. The van der Waals surface area contributed by atoms with Crippen molar-refractivity contribution in [2.75, 3.05) is 0 Å². The quantitative estimate of drug-likeness (QED) is 0.398. The number of hydrogen-bond donors (Lipinski definition) is 0. The molecule has 21 heavy (non-hydrogen) atoms. The summed E-state index contributed by atoms with van der Waals surface area (Å²) in [6.07, 6.45) is 0. The van der Waals surface area contributed by atoms with Gasteiger partial charge < -0.3 is 0 Å². The van der Waals surface area contributed by atoms with Crippen molar-refractivity contribution >= 4 is 61.5 Å². The van der Waals surface area contributed by atoms with Crippen LogP contribution in [0.5, 0.6) is 0 Å². The van der Waals surface area contributed by atoms with Crippen LogP contribution in [0.2, 0.25) is 10.0 Å². The van der Waals surface area contributed by atoms with Crippen LogP contribution in [0.4, 0.5) is 0 Å². The van der Waals surface area contributed by atoms with Crippen LogP contribution in [0, 0.1) is 0 Å². The highest BCUT2D eigenvalue weighted by Crippen LogP contribution is 2.34. The molecule has 0 aliphatic rings. The Morgan fingerprint density at radius 3 is 2.10 bits per heavy atom. The summed E-state index contributed by atoms with van der Waals surface area (Å²) in [6, 6.07) is 17.9. The van der Waals surface area contributed by atoms with Gasteiger partial charge >= 0.3 is 0 Å². The first-order valence-electron chi connectivity index (χ1n) is 6.33. The lowest BCUT2D eigenvalue weighted by Gasteiger charge is -2.12. The summed E-state index contributed by atoms with van der Waals surface area (Å²) in [7, 11) is 0. The average molecular weight is 401 g/mol. The molecule has 106 valence electrons. The van der Waals surface area contributed by atoms with Crippen molar-refractivity contribution in [1.29, 1.82) is 0 Å². The third-order valence-electron chi connectivity index (χ3n) is 3.36. The minimum absolute atomic E-state index is 0.257. The van der Waals surface area contributed by atoms with E-state index < -0.39 is 0 Å². The molecule has 0 saturated heterocycles. The number of rotatable bonds is 2. The van der Waals surface area contributed by atoms with Gasteiger partial charge in [-0.25, -0.2) is 0 Å². The molecule has 0 aromatic heterocycles. The van der Waals surface area contributed by atoms with Gasteiger partial charge in [-0.2, -0.15) is 0 Å². The molecular formula is C17H10BrCl3. The van der Waals surface area contributed by atoms with Crippen molar-refractivity contribution in [2.24, 2.45) is 0 Å². The van der Waals surface area contributed by atoms with Gasteiger partial charge in [-0.15, -0.1) is 11.6 Å². The number of alkyl halides is 1. The van der Waals surface area contributed by atoms with Gasteiger partial charge in [0.05, 0.1) is 15.4 Å². The third-order valence-corrected chi connectivity index (χ3v) is 5.09. The number of halogens is 4. The lowest BCUT2D eigenvalue weighted by molar-refractivity contribution is 1.15. The van der Waals surface area contributed by atoms with Crippen molar-refractivity contribution < 1.29 is 0 Å². The van der Waals surface area contributed by atoms with Crippen molar-refractivity contribution in [3.05, 3.63) is 80.2 Å². The van der Waals surface area contributed by atoms with E-state index in [1.54, 1.807) is 6.07 Å². The normalized spacial score (nSPS) is 12.6. The predicted octanol–water partition coefficient (Wildman–Crippen LogP) is 7.24. The van der Waals surface area contributed by atoms with E-state index in [-0.39, 0.29) is 5.38 Å². The van der Waals surface area contributed by atoms with Crippen molar-refractivity contribution in [2.45, 2.75) is 5.38 Å². The largest absolute Gasteiger partial charge is 0.113 e. The van der Waals surface area contributed by atoms with Crippen LogP contribution in [-0.4, -0.2) is 0 Å². The fourth-order valence-electron chi connectivity index (χ4n) is 2.26. The van der Waals surface area contributed by atoms with Crippen LogP contribution in [0.15, 0.2) is 59.1 Å². The van der Waals surface area contributed by atoms with Gasteiger partial charge in [0.15, 0.2) is 0 Å². The molecule has 0 nitrogen and oxygen atoms in total. The van der Waals surface area contributed by atoms with E-state index in [1.807, 2.05) is 24.3 Å². The zero-order valence-corrected chi connectivity index (χ0v) is 14.6. The van der Waals surface area contributed by atoms with Crippen LogP contribution in [-0.2, 0) is 0 Å². The molecule has 0 heterocycles. The van der Waals surface area contributed by atoms with E-state index in [1.165, 1.54) is 5.39 Å². The Morgan fingerprint density at radius 2 is 1.33 bits per heavy atom. The Labute approximate surface area is 146 Å². The van der Waals surface area contributed by atoms with Crippen molar-refractivity contribution in [1.82, 2.24) is 0 Å². The van der Waals surface area contributed by atoms with E-state index >= 15 is 0 Å². The molecule has 3 aromatic carbocycles. The molecule has 4 heteroatoms. The van der Waals surface area contributed by atoms with Crippen molar-refractivity contribution in [3.8, 4) is 0 Å². The molecule has 1 unspecified atom stereocenters. The SMILES string of the molecule is Clc1ccc(C(Cl)c2ccc3cc(Br)ccc3c2)cc1Cl. The van der Waals surface area contributed by atoms with Gasteiger partial charge in [0.25, 0.3) is 0 Å². The molecule has 1 atom stereocenters. The summed E-state index contributed by atoms with van der Waals surface area (Å²) in [5.41, 5.74) is 1.97. The summed E-state index contributed by atoms with van der Waals surface area (Å²) in [4.78, 5) is 0. The van der Waals surface area contributed by atoms with E-state index in [9.17, 15) is 0 Å². The molecule has 3 rings (SSSR count). The highest BCUT2D eigenvalue weighted by molar-refractivity contribution is 9.10. The molecular weight excluding hydrogens is 390 g/mol. The van der Waals surface area contributed by atoms with Gasteiger partial charge in [0.1, 0.15) is 0 Å². The summed E-state index contributed by atoms with van der Waals surface area (Å²) in [5.74, 6) is 0. The second kappa shape index (κ2) is 6.18. The Kier molecular flexibility index (Phi) is 4.46. The molecule has 0 radical (unpaired) electrons. The minimum Gasteiger partial charge on any atom is -0.113 e. The summed E-state index contributed by atoms with van der Waals surface area (Å²) >= 11 is 22.1. The van der Waals surface area contributed by atoms with Gasteiger partial charge in [-0.3, -0.25) is 0 Å². The fraction of sp³-hybridized carbons (Fsp3) is 0.0588. The van der Waals surface area contributed by atoms with Crippen LogP contribution in [0.1, 0.15) is 16.5 Å².